The summed E-state index contributed by atoms with van der Waals surface area (Å²) in [5.74, 6) is -2.17. The zero-order valence-corrected chi connectivity index (χ0v) is 5.74. The highest BCUT2D eigenvalue weighted by atomic mass is 32.2. The molecule has 52 valence electrons. The van der Waals surface area contributed by atoms with Crippen LogP contribution in [0.3, 0.4) is 0 Å². The van der Waals surface area contributed by atoms with Gasteiger partial charge in [0.2, 0.25) is 5.83 Å². The number of hydrogen-bond acceptors (Lipinski definition) is 2. The predicted octanol–water partition coefficient (Wildman–Crippen LogP) is 1.29. The first-order valence-corrected chi connectivity index (χ1v) is 3.65. The molecule has 0 fully saturated rings. The van der Waals surface area contributed by atoms with Crippen LogP contribution in [0, 0.1) is 0 Å². The zero-order chi connectivity index (χ0) is 7.28. The van der Waals surface area contributed by atoms with Crippen molar-refractivity contribution in [2.75, 3.05) is 12.0 Å². The quantitative estimate of drug-likeness (QED) is 0.616. The van der Waals surface area contributed by atoms with E-state index in [4.69, 9.17) is 5.11 Å². The highest BCUT2D eigenvalue weighted by Gasteiger charge is 2.01. The van der Waals surface area contributed by atoms with Gasteiger partial charge in [-0.2, -0.15) is 16.2 Å². The molecule has 0 atom stereocenters. The molecule has 0 saturated carbocycles. The van der Waals surface area contributed by atoms with Crippen molar-refractivity contribution in [1.82, 2.24) is 0 Å². The summed E-state index contributed by atoms with van der Waals surface area (Å²) in [6, 6.07) is 0. The third kappa shape index (κ3) is 4.02. The number of thioether (sulfide) groups is 1. The largest absolute Gasteiger partial charge is 0.476 e. The molecule has 0 saturated heterocycles. The van der Waals surface area contributed by atoms with E-state index < -0.39 is 11.8 Å². The predicted molar refractivity (Wildman–Crippen MR) is 35.2 cm³/mol. The Morgan fingerprint density at radius 2 is 2.44 bits per heavy atom. The van der Waals surface area contributed by atoms with E-state index in [1.807, 2.05) is 0 Å². The summed E-state index contributed by atoms with van der Waals surface area (Å²) in [4.78, 5) is 9.75. The lowest BCUT2D eigenvalue weighted by Crippen LogP contribution is -1.94. The number of carboxylic acids is 1. The Morgan fingerprint density at radius 3 is 2.78 bits per heavy atom. The third-order valence-electron chi connectivity index (χ3n) is 0.634. The first-order valence-electron chi connectivity index (χ1n) is 2.26. The number of carbonyl (C=O) groups is 1. The topological polar surface area (TPSA) is 37.3 Å². The van der Waals surface area contributed by atoms with Crippen LogP contribution in [0.15, 0.2) is 11.9 Å². The van der Waals surface area contributed by atoms with Crippen molar-refractivity contribution >= 4 is 17.7 Å². The van der Waals surface area contributed by atoms with E-state index in [-0.39, 0.29) is 0 Å². The molecule has 0 unspecified atom stereocenters. The molecule has 1 N–H and O–H groups in total. The van der Waals surface area contributed by atoms with Gasteiger partial charge in [-0.1, -0.05) is 0 Å². The minimum absolute atomic E-state index is 0.401. The molecule has 0 aliphatic heterocycles. The van der Waals surface area contributed by atoms with E-state index in [1.165, 1.54) is 11.8 Å². The lowest BCUT2D eigenvalue weighted by molar-refractivity contribution is -0.134. The van der Waals surface area contributed by atoms with Crippen molar-refractivity contribution in [2.24, 2.45) is 0 Å². The van der Waals surface area contributed by atoms with Gasteiger partial charge in [-0.25, -0.2) is 4.79 Å². The average molecular weight is 150 g/mol. The Kier molecular flexibility index (Phi) is 4.13. The van der Waals surface area contributed by atoms with Gasteiger partial charge in [-0.15, -0.1) is 0 Å². The van der Waals surface area contributed by atoms with E-state index in [9.17, 15) is 9.18 Å². The van der Waals surface area contributed by atoms with Crippen LogP contribution in [0.2, 0.25) is 0 Å². The summed E-state index contributed by atoms with van der Waals surface area (Å²) in [7, 11) is 0. The van der Waals surface area contributed by atoms with Crippen molar-refractivity contribution in [3.05, 3.63) is 11.9 Å². The number of carboxylic acid groups (broad SMARTS) is 1. The Bertz CT molecular complexity index is 133. The van der Waals surface area contributed by atoms with Crippen LogP contribution in [0.4, 0.5) is 4.39 Å². The van der Waals surface area contributed by atoms with E-state index in [0.717, 1.165) is 6.08 Å². The van der Waals surface area contributed by atoms with Crippen LogP contribution in [-0.4, -0.2) is 23.1 Å². The summed E-state index contributed by atoms with van der Waals surface area (Å²) < 4.78 is 12.0. The Labute approximate surface area is 56.8 Å². The van der Waals surface area contributed by atoms with Crippen LogP contribution in [0.25, 0.3) is 0 Å². The van der Waals surface area contributed by atoms with Crippen molar-refractivity contribution in [3.8, 4) is 0 Å². The normalized spacial score (nSPS) is 11.6. The first-order chi connectivity index (χ1) is 4.18. The molecule has 0 heterocycles. The molecule has 0 spiro atoms. The van der Waals surface area contributed by atoms with Crippen LogP contribution in [0.5, 0.6) is 0 Å². The van der Waals surface area contributed by atoms with E-state index >= 15 is 0 Å². The maximum Gasteiger partial charge on any atom is 0.364 e. The zero-order valence-electron chi connectivity index (χ0n) is 4.93. The van der Waals surface area contributed by atoms with Gasteiger partial charge in [0.25, 0.3) is 0 Å². The van der Waals surface area contributed by atoms with Gasteiger partial charge in [0, 0.05) is 5.75 Å². The lowest BCUT2D eigenvalue weighted by atomic mass is 10.5. The summed E-state index contributed by atoms with van der Waals surface area (Å²) >= 11 is 1.37. The van der Waals surface area contributed by atoms with Crippen LogP contribution in [0.1, 0.15) is 0 Å². The highest BCUT2D eigenvalue weighted by molar-refractivity contribution is 7.98. The summed E-state index contributed by atoms with van der Waals surface area (Å²) in [5.41, 5.74) is 0. The monoisotopic (exact) mass is 150 g/mol. The summed E-state index contributed by atoms with van der Waals surface area (Å²) in [6.45, 7) is 0. The molecule has 9 heavy (non-hydrogen) atoms. The minimum Gasteiger partial charge on any atom is -0.476 e. The highest BCUT2D eigenvalue weighted by Crippen LogP contribution is 1.99. The maximum atomic E-state index is 12.0. The number of hydrogen-bond donors (Lipinski definition) is 1. The molecule has 0 aromatic heterocycles. The van der Waals surface area contributed by atoms with Crippen LogP contribution in [-0.2, 0) is 4.79 Å². The third-order valence-corrected chi connectivity index (χ3v) is 1.13. The van der Waals surface area contributed by atoms with Crippen molar-refractivity contribution in [3.63, 3.8) is 0 Å². The fourth-order valence-electron chi connectivity index (χ4n) is 0.244. The van der Waals surface area contributed by atoms with Crippen LogP contribution < -0.4 is 0 Å². The first kappa shape index (κ1) is 8.49. The smallest absolute Gasteiger partial charge is 0.364 e. The van der Waals surface area contributed by atoms with Gasteiger partial charge < -0.3 is 5.11 Å². The van der Waals surface area contributed by atoms with E-state index in [0.29, 0.717) is 5.75 Å². The number of aliphatic carboxylic acids is 1. The van der Waals surface area contributed by atoms with Crippen LogP contribution >= 0.6 is 11.8 Å². The van der Waals surface area contributed by atoms with Gasteiger partial charge in [0.1, 0.15) is 0 Å². The van der Waals surface area contributed by atoms with Gasteiger partial charge in [-0.05, 0) is 12.3 Å². The van der Waals surface area contributed by atoms with Gasteiger partial charge in [0.05, 0.1) is 0 Å². The molecule has 4 heteroatoms. The van der Waals surface area contributed by atoms with Crippen molar-refractivity contribution in [1.29, 1.82) is 0 Å². The number of rotatable bonds is 3. The Morgan fingerprint density at radius 1 is 1.89 bits per heavy atom. The second-order valence-electron chi connectivity index (χ2n) is 1.31. The molecular formula is C5H7FO2S. The Hall–Kier alpha value is -0.510. The SMILES string of the molecule is CSC/C=C(\F)C(=O)O. The molecule has 0 aliphatic rings. The molecule has 0 radical (unpaired) electrons. The standard InChI is InChI=1S/C5H7FO2S/c1-9-3-2-4(6)5(7)8/h2H,3H2,1H3,(H,7,8)/b4-2-. The second kappa shape index (κ2) is 4.38. The van der Waals surface area contributed by atoms with E-state index in [2.05, 4.69) is 0 Å². The summed E-state index contributed by atoms with van der Waals surface area (Å²) in [5, 5.41) is 7.96. The van der Waals surface area contributed by atoms with E-state index in [1.54, 1.807) is 6.26 Å². The molecule has 0 rings (SSSR count). The fourth-order valence-corrected chi connectivity index (χ4v) is 0.557. The molecular weight excluding hydrogens is 143 g/mol. The molecule has 0 aromatic carbocycles. The summed E-state index contributed by atoms with van der Waals surface area (Å²) in [6.07, 6.45) is 2.80. The second-order valence-corrected chi connectivity index (χ2v) is 2.22. The van der Waals surface area contributed by atoms with Gasteiger partial charge in [0.15, 0.2) is 0 Å². The molecule has 0 aliphatic carbocycles. The molecule has 0 amide bonds. The van der Waals surface area contributed by atoms with Gasteiger partial charge in [-0.3, -0.25) is 0 Å². The van der Waals surface area contributed by atoms with Crippen molar-refractivity contribution < 1.29 is 14.3 Å². The molecule has 2 nitrogen and oxygen atoms in total. The van der Waals surface area contributed by atoms with Crippen molar-refractivity contribution in [2.45, 2.75) is 0 Å². The van der Waals surface area contributed by atoms with Gasteiger partial charge >= 0.3 is 5.97 Å². The fraction of sp³-hybridized carbons (Fsp3) is 0.400. The molecule has 0 aromatic rings. The Balaban J connectivity index is 3.69. The average Bonchev–Trinajstić information content (AvgIpc) is 1.82. The maximum absolute atomic E-state index is 12.0. The number of halogens is 1. The lowest BCUT2D eigenvalue weighted by Gasteiger charge is -1.85. The minimum atomic E-state index is -1.50. The molecule has 0 bridgehead atoms.